The predicted octanol–water partition coefficient (Wildman–Crippen LogP) is 1.42. The van der Waals surface area contributed by atoms with Gasteiger partial charge in [0.05, 0.1) is 11.7 Å². The first kappa shape index (κ1) is 19.3. The van der Waals surface area contributed by atoms with Crippen molar-refractivity contribution in [2.45, 2.75) is 44.2 Å². The number of likely N-dealkylation sites (tertiary alicyclic amines) is 2. The fourth-order valence-corrected chi connectivity index (χ4v) is 5.04. The highest BCUT2D eigenvalue weighted by molar-refractivity contribution is 5.94. The van der Waals surface area contributed by atoms with Gasteiger partial charge in [-0.3, -0.25) is 9.69 Å². The SMILES string of the molecule is N#Cc1ccc(C(=O)N2CCC3(CC2)CC(O)CN(C2CCOCC2)C3)cn1. The number of hydrogen-bond donors (Lipinski definition) is 1. The fourth-order valence-electron chi connectivity index (χ4n) is 5.04. The molecule has 1 spiro atoms. The third-order valence-electron chi connectivity index (χ3n) is 6.60. The molecule has 150 valence electrons. The Balaban J connectivity index is 1.39. The molecule has 1 amide bonds. The van der Waals surface area contributed by atoms with Gasteiger partial charge in [0.2, 0.25) is 0 Å². The van der Waals surface area contributed by atoms with Crippen molar-refractivity contribution in [3.8, 4) is 6.07 Å². The largest absolute Gasteiger partial charge is 0.392 e. The molecule has 1 atom stereocenters. The Hall–Kier alpha value is -2.01. The summed E-state index contributed by atoms with van der Waals surface area (Å²) in [5, 5.41) is 19.4. The van der Waals surface area contributed by atoms with Crippen molar-refractivity contribution in [1.29, 1.82) is 5.26 Å². The zero-order valence-corrected chi connectivity index (χ0v) is 16.2. The summed E-state index contributed by atoms with van der Waals surface area (Å²) in [7, 11) is 0. The van der Waals surface area contributed by atoms with Crippen LogP contribution in [0.3, 0.4) is 0 Å². The summed E-state index contributed by atoms with van der Waals surface area (Å²) in [6, 6.07) is 5.74. The molecule has 7 nitrogen and oxygen atoms in total. The van der Waals surface area contributed by atoms with Crippen molar-refractivity contribution in [2.24, 2.45) is 5.41 Å². The Kier molecular flexibility index (Phi) is 5.63. The molecule has 4 heterocycles. The minimum absolute atomic E-state index is 0.0236. The Morgan fingerprint density at radius 1 is 1.29 bits per heavy atom. The second kappa shape index (κ2) is 8.16. The van der Waals surface area contributed by atoms with Crippen molar-refractivity contribution in [3.05, 3.63) is 29.6 Å². The van der Waals surface area contributed by atoms with E-state index < -0.39 is 0 Å². The van der Waals surface area contributed by atoms with Crippen molar-refractivity contribution >= 4 is 5.91 Å². The van der Waals surface area contributed by atoms with Gasteiger partial charge in [0.25, 0.3) is 5.91 Å². The number of hydrogen-bond acceptors (Lipinski definition) is 6. The first-order valence-electron chi connectivity index (χ1n) is 10.2. The van der Waals surface area contributed by atoms with Crippen molar-refractivity contribution in [3.63, 3.8) is 0 Å². The van der Waals surface area contributed by atoms with Crippen LogP contribution >= 0.6 is 0 Å². The molecule has 1 unspecified atom stereocenters. The molecule has 3 aliphatic rings. The lowest BCUT2D eigenvalue weighted by atomic mass is 9.71. The lowest BCUT2D eigenvalue weighted by molar-refractivity contribution is -0.0695. The minimum Gasteiger partial charge on any atom is -0.392 e. The average Bonchev–Trinajstić information content (AvgIpc) is 2.74. The molecule has 3 fully saturated rings. The van der Waals surface area contributed by atoms with Gasteiger partial charge < -0.3 is 14.7 Å². The lowest BCUT2D eigenvalue weighted by Crippen LogP contribution is -2.57. The van der Waals surface area contributed by atoms with Crippen molar-refractivity contribution in [1.82, 2.24) is 14.8 Å². The van der Waals surface area contributed by atoms with Crippen LogP contribution < -0.4 is 0 Å². The molecule has 3 aliphatic heterocycles. The number of nitrogens with zero attached hydrogens (tertiary/aromatic N) is 4. The van der Waals surface area contributed by atoms with E-state index in [2.05, 4.69) is 9.88 Å². The van der Waals surface area contributed by atoms with E-state index in [1.165, 1.54) is 6.20 Å². The van der Waals surface area contributed by atoms with E-state index in [1.54, 1.807) is 12.1 Å². The monoisotopic (exact) mass is 384 g/mol. The predicted molar refractivity (Wildman–Crippen MR) is 103 cm³/mol. The van der Waals surface area contributed by atoms with E-state index in [1.807, 2.05) is 11.0 Å². The summed E-state index contributed by atoms with van der Waals surface area (Å²) in [5.74, 6) is -0.0236. The smallest absolute Gasteiger partial charge is 0.255 e. The third-order valence-corrected chi connectivity index (χ3v) is 6.60. The van der Waals surface area contributed by atoms with Gasteiger partial charge in [-0.15, -0.1) is 0 Å². The second-order valence-electron chi connectivity index (χ2n) is 8.47. The van der Waals surface area contributed by atoms with Crippen LogP contribution in [0.25, 0.3) is 0 Å². The van der Waals surface area contributed by atoms with E-state index in [4.69, 9.17) is 10.00 Å². The van der Waals surface area contributed by atoms with Gasteiger partial charge >= 0.3 is 0 Å². The van der Waals surface area contributed by atoms with Gasteiger partial charge in [-0.1, -0.05) is 0 Å². The maximum atomic E-state index is 12.8. The van der Waals surface area contributed by atoms with Gasteiger partial charge in [-0.25, -0.2) is 4.98 Å². The first-order chi connectivity index (χ1) is 13.6. The first-order valence-corrected chi connectivity index (χ1v) is 10.2. The van der Waals surface area contributed by atoms with Gasteiger partial charge in [0.1, 0.15) is 11.8 Å². The maximum Gasteiger partial charge on any atom is 0.255 e. The topological polar surface area (TPSA) is 89.7 Å². The number of rotatable bonds is 2. The lowest BCUT2D eigenvalue weighted by Gasteiger charge is -2.51. The van der Waals surface area contributed by atoms with Crippen LogP contribution in [0.1, 0.15) is 48.2 Å². The van der Waals surface area contributed by atoms with Gasteiger partial charge in [0, 0.05) is 51.6 Å². The van der Waals surface area contributed by atoms with Crippen molar-refractivity contribution in [2.75, 3.05) is 39.4 Å². The average molecular weight is 384 g/mol. The Morgan fingerprint density at radius 3 is 2.68 bits per heavy atom. The molecular weight excluding hydrogens is 356 g/mol. The molecule has 28 heavy (non-hydrogen) atoms. The fraction of sp³-hybridized carbons (Fsp3) is 0.667. The molecule has 0 aliphatic carbocycles. The summed E-state index contributed by atoms with van der Waals surface area (Å²) in [6.07, 6.45) is 5.94. The number of amides is 1. The maximum absolute atomic E-state index is 12.8. The van der Waals surface area contributed by atoms with Crippen LogP contribution in [0, 0.1) is 16.7 Å². The third kappa shape index (κ3) is 4.04. The molecule has 1 N–H and O–H groups in total. The quantitative estimate of drug-likeness (QED) is 0.830. The number of ether oxygens (including phenoxy) is 1. The normalized spacial score (nSPS) is 26.1. The molecule has 0 bridgehead atoms. The second-order valence-corrected chi connectivity index (χ2v) is 8.47. The number of pyridine rings is 1. The molecule has 0 aromatic carbocycles. The highest BCUT2D eigenvalue weighted by Crippen LogP contribution is 2.41. The van der Waals surface area contributed by atoms with Gasteiger partial charge in [-0.2, -0.15) is 5.26 Å². The number of carbonyl (C=O) groups excluding carboxylic acids is 1. The Morgan fingerprint density at radius 2 is 2.04 bits per heavy atom. The molecule has 7 heteroatoms. The summed E-state index contributed by atoms with van der Waals surface area (Å²) >= 11 is 0. The number of piperidine rings is 2. The summed E-state index contributed by atoms with van der Waals surface area (Å²) < 4.78 is 5.50. The standard InChI is InChI=1S/C21H28N4O3/c22-12-17-2-1-16(13-23-17)20(27)24-7-5-21(6-8-24)11-19(26)14-25(15-21)18-3-9-28-10-4-18/h1-2,13,18-19,26H,3-11,14-15H2. The molecular formula is C21H28N4O3. The zero-order chi connectivity index (χ0) is 19.6. The van der Waals surface area contributed by atoms with E-state index in [-0.39, 0.29) is 17.4 Å². The van der Waals surface area contributed by atoms with Crippen molar-refractivity contribution < 1.29 is 14.6 Å². The van der Waals surface area contributed by atoms with Crippen LogP contribution in [0.5, 0.6) is 0 Å². The molecule has 0 radical (unpaired) electrons. The summed E-state index contributed by atoms with van der Waals surface area (Å²) in [5.41, 5.74) is 0.941. The minimum atomic E-state index is -0.290. The summed E-state index contributed by atoms with van der Waals surface area (Å²) in [4.78, 5) is 21.1. The number of nitriles is 1. The van der Waals surface area contributed by atoms with Crippen LogP contribution in [0.2, 0.25) is 0 Å². The van der Waals surface area contributed by atoms with E-state index >= 15 is 0 Å². The van der Waals surface area contributed by atoms with Crippen LogP contribution in [-0.2, 0) is 4.74 Å². The highest BCUT2D eigenvalue weighted by atomic mass is 16.5. The molecule has 1 aromatic heterocycles. The number of aliphatic hydroxyl groups is 1. The van der Waals surface area contributed by atoms with Crippen LogP contribution in [0.4, 0.5) is 0 Å². The Labute approximate surface area is 165 Å². The number of β-amino-alcohol motifs (C(OH)–C–C–N with tert-alkyl or cyclic N) is 1. The summed E-state index contributed by atoms with van der Waals surface area (Å²) in [6.45, 7) is 4.79. The number of aliphatic hydroxyl groups excluding tert-OH is 1. The van der Waals surface area contributed by atoms with Gasteiger partial charge in [0.15, 0.2) is 0 Å². The van der Waals surface area contributed by atoms with Crippen LogP contribution in [-0.4, -0.2) is 77.3 Å². The van der Waals surface area contributed by atoms with E-state index in [0.29, 0.717) is 30.4 Å². The van der Waals surface area contributed by atoms with Gasteiger partial charge in [-0.05, 0) is 49.7 Å². The van der Waals surface area contributed by atoms with E-state index in [0.717, 1.165) is 58.4 Å². The molecule has 4 rings (SSSR count). The van der Waals surface area contributed by atoms with Crippen LogP contribution in [0.15, 0.2) is 18.3 Å². The zero-order valence-electron chi connectivity index (χ0n) is 16.2. The number of aromatic nitrogens is 1. The molecule has 3 saturated heterocycles. The van der Waals surface area contributed by atoms with E-state index in [9.17, 15) is 9.90 Å². The Bertz CT molecular complexity index is 731. The highest BCUT2D eigenvalue weighted by Gasteiger charge is 2.43. The molecule has 0 saturated carbocycles. The molecule has 1 aromatic rings. The number of carbonyl (C=O) groups is 1.